The van der Waals surface area contributed by atoms with Crippen LogP contribution in [0.1, 0.15) is 11.1 Å². The van der Waals surface area contributed by atoms with E-state index in [0.29, 0.717) is 17.2 Å². The highest BCUT2D eigenvalue weighted by Crippen LogP contribution is 2.31. The highest BCUT2D eigenvalue weighted by atomic mass is 16.6. The van der Waals surface area contributed by atoms with Crippen molar-refractivity contribution in [3.63, 3.8) is 0 Å². The molecule has 2 aromatic rings. The number of nitro groups is 1. The van der Waals surface area contributed by atoms with E-state index in [9.17, 15) is 14.9 Å². The molecule has 8 nitrogen and oxygen atoms in total. The van der Waals surface area contributed by atoms with Gasteiger partial charge in [-0.2, -0.15) is 0 Å². The molecule has 138 valence electrons. The molecule has 26 heavy (non-hydrogen) atoms. The number of nitrogens with zero attached hydrogens (tertiary/aromatic N) is 1. The first kappa shape index (κ1) is 19.0. The van der Waals surface area contributed by atoms with Crippen molar-refractivity contribution in [3.05, 3.63) is 51.6 Å². The fourth-order valence-corrected chi connectivity index (χ4v) is 2.48. The van der Waals surface area contributed by atoms with Crippen molar-refractivity contribution in [3.8, 4) is 17.2 Å². The van der Waals surface area contributed by atoms with Crippen LogP contribution in [0.15, 0.2) is 30.3 Å². The molecule has 0 unspecified atom stereocenters. The molecule has 0 aromatic heterocycles. The summed E-state index contributed by atoms with van der Waals surface area (Å²) in [5, 5.41) is 13.5. The molecule has 0 bridgehead atoms. The van der Waals surface area contributed by atoms with Crippen LogP contribution in [-0.4, -0.2) is 32.2 Å². The monoisotopic (exact) mass is 360 g/mol. The van der Waals surface area contributed by atoms with Gasteiger partial charge in [-0.1, -0.05) is 0 Å². The van der Waals surface area contributed by atoms with Crippen molar-refractivity contribution in [2.24, 2.45) is 0 Å². The standard InChI is InChI=1S/C18H20N2O6/c1-11-7-16(25-3)17(26-4)8-12(11)9-18(21)19-14-6-5-13(20(22)23)10-15(14)24-2/h5-8,10H,9H2,1-4H3,(H,19,21). The second-order valence-electron chi connectivity index (χ2n) is 5.50. The number of amides is 1. The number of nitrogens with one attached hydrogen (secondary N) is 1. The van der Waals surface area contributed by atoms with E-state index in [1.807, 2.05) is 6.92 Å². The van der Waals surface area contributed by atoms with Gasteiger partial charge in [0.15, 0.2) is 11.5 Å². The minimum absolute atomic E-state index is 0.104. The lowest BCUT2D eigenvalue weighted by molar-refractivity contribution is -0.384. The van der Waals surface area contributed by atoms with Crippen LogP contribution >= 0.6 is 0 Å². The lowest BCUT2D eigenvalue weighted by atomic mass is 10.0. The molecule has 2 aromatic carbocycles. The molecular weight excluding hydrogens is 340 g/mol. The molecule has 0 aliphatic carbocycles. The number of nitro benzene ring substituents is 1. The van der Waals surface area contributed by atoms with Gasteiger partial charge in [-0.3, -0.25) is 14.9 Å². The van der Waals surface area contributed by atoms with E-state index in [1.54, 1.807) is 19.2 Å². The Morgan fingerprint density at radius 1 is 1.04 bits per heavy atom. The number of carbonyl (C=O) groups excluding carboxylic acids is 1. The van der Waals surface area contributed by atoms with Crippen molar-refractivity contribution in [2.75, 3.05) is 26.6 Å². The Labute approximate surface area is 150 Å². The van der Waals surface area contributed by atoms with Crippen LogP contribution in [0.2, 0.25) is 0 Å². The van der Waals surface area contributed by atoms with Crippen molar-refractivity contribution >= 4 is 17.3 Å². The molecule has 0 saturated heterocycles. The molecule has 8 heteroatoms. The summed E-state index contributed by atoms with van der Waals surface area (Å²) in [4.78, 5) is 22.7. The molecule has 0 fully saturated rings. The first-order chi connectivity index (χ1) is 12.4. The Morgan fingerprint density at radius 2 is 1.65 bits per heavy atom. The van der Waals surface area contributed by atoms with Gasteiger partial charge in [-0.05, 0) is 36.2 Å². The minimum atomic E-state index is -0.527. The van der Waals surface area contributed by atoms with Gasteiger partial charge in [0.25, 0.3) is 5.69 Å². The third-order valence-electron chi connectivity index (χ3n) is 3.86. The highest BCUT2D eigenvalue weighted by Gasteiger charge is 2.15. The van der Waals surface area contributed by atoms with Crippen LogP contribution in [-0.2, 0) is 11.2 Å². The maximum absolute atomic E-state index is 12.4. The summed E-state index contributed by atoms with van der Waals surface area (Å²) in [7, 11) is 4.45. The molecule has 0 spiro atoms. The molecule has 0 atom stereocenters. The number of benzene rings is 2. The number of methoxy groups -OCH3 is 3. The normalized spacial score (nSPS) is 10.2. The summed E-state index contributed by atoms with van der Waals surface area (Å²) >= 11 is 0. The Hall–Kier alpha value is -3.29. The van der Waals surface area contributed by atoms with Crippen LogP contribution in [0.3, 0.4) is 0 Å². The summed E-state index contributed by atoms with van der Waals surface area (Å²) in [5.74, 6) is 1.06. The third-order valence-corrected chi connectivity index (χ3v) is 3.86. The fraction of sp³-hybridized carbons (Fsp3) is 0.278. The van der Waals surface area contributed by atoms with Gasteiger partial charge in [0.1, 0.15) is 5.75 Å². The zero-order chi connectivity index (χ0) is 19.3. The van der Waals surface area contributed by atoms with Crippen molar-refractivity contribution in [1.29, 1.82) is 0 Å². The lowest BCUT2D eigenvalue weighted by Crippen LogP contribution is -2.16. The van der Waals surface area contributed by atoms with Crippen LogP contribution < -0.4 is 19.5 Å². The van der Waals surface area contributed by atoms with Crippen molar-refractivity contribution in [1.82, 2.24) is 0 Å². The Balaban J connectivity index is 2.20. The van der Waals surface area contributed by atoms with Gasteiger partial charge in [-0.15, -0.1) is 0 Å². The first-order valence-electron chi connectivity index (χ1n) is 7.73. The first-order valence-corrected chi connectivity index (χ1v) is 7.73. The SMILES string of the molecule is COc1cc([N+](=O)[O-])ccc1NC(=O)Cc1cc(OC)c(OC)cc1C. The number of non-ortho nitro benzene ring substituents is 1. The van der Waals surface area contributed by atoms with Crippen LogP contribution in [0.4, 0.5) is 11.4 Å². The molecule has 1 N–H and O–H groups in total. The van der Waals surface area contributed by atoms with E-state index in [2.05, 4.69) is 5.32 Å². The smallest absolute Gasteiger partial charge is 0.273 e. The molecule has 0 heterocycles. The molecule has 1 amide bonds. The number of anilines is 1. The van der Waals surface area contributed by atoms with Crippen LogP contribution in [0.5, 0.6) is 17.2 Å². The maximum Gasteiger partial charge on any atom is 0.273 e. The number of ether oxygens (including phenoxy) is 3. The van der Waals surface area contributed by atoms with Gasteiger partial charge in [0.05, 0.1) is 44.4 Å². The summed E-state index contributed by atoms with van der Waals surface area (Å²) in [6, 6.07) is 7.56. The lowest BCUT2D eigenvalue weighted by Gasteiger charge is -2.13. The third kappa shape index (κ3) is 4.21. The molecule has 0 aliphatic rings. The largest absolute Gasteiger partial charge is 0.494 e. The summed E-state index contributed by atoms with van der Waals surface area (Å²) in [6.07, 6.45) is 0.104. The number of carbonyl (C=O) groups is 1. The zero-order valence-corrected chi connectivity index (χ0v) is 15.0. The molecule has 0 aliphatic heterocycles. The van der Waals surface area contributed by atoms with E-state index in [0.717, 1.165) is 11.1 Å². The second-order valence-corrected chi connectivity index (χ2v) is 5.50. The number of aryl methyl sites for hydroxylation is 1. The Morgan fingerprint density at radius 3 is 2.23 bits per heavy atom. The highest BCUT2D eigenvalue weighted by molar-refractivity contribution is 5.94. The average Bonchev–Trinajstić information content (AvgIpc) is 2.62. The molecule has 2 rings (SSSR count). The van der Waals surface area contributed by atoms with Crippen LogP contribution in [0, 0.1) is 17.0 Å². The van der Waals surface area contributed by atoms with E-state index in [1.165, 1.54) is 32.4 Å². The molecular formula is C18H20N2O6. The average molecular weight is 360 g/mol. The van der Waals surface area contributed by atoms with E-state index >= 15 is 0 Å². The number of hydrogen-bond acceptors (Lipinski definition) is 6. The van der Waals surface area contributed by atoms with E-state index < -0.39 is 4.92 Å². The van der Waals surface area contributed by atoms with Crippen molar-refractivity contribution < 1.29 is 23.9 Å². The number of rotatable bonds is 7. The van der Waals surface area contributed by atoms with Gasteiger partial charge < -0.3 is 19.5 Å². The maximum atomic E-state index is 12.4. The fourth-order valence-electron chi connectivity index (χ4n) is 2.48. The Kier molecular flexibility index (Phi) is 6.00. The molecule has 0 saturated carbocycles. The molecule has 0 radical (unpaired) electrons. The van der Waals surface area contributed by atoms with E-state index in [4.69, 9.17) is 14.2 Å². The second kappa shape index (κ2) is 8.19. The number of hydrogen-bond donors (Lipinski definition) is 1. The zero-order valence-electron chi connectivity index (χ0n) is 15.0. The van der Waals surface area contributed by atoms with Gasteiger partial charge in [-0.25, -0.2) is 0 Å². The quantitative estimate of drug-likeness (QED) is 0.601. The van der Waals surface area contributed by atoms with Gasteiger partial charge in [0, 0.05) is 6.07 Å². The predicted octanol–water partition coefficient (Wildman–Crippen LogP) is 3.11. The van der Waals surface area contributed by atoms with Crippen LogP contribution in [0.25, 0.3) is 0 Å². The topological polar surface area (TPSA) is 99.9 Å². The summed E-state index contributed by atoms with van der Waals surface area (Å²) < 4.78 is 15.6. The van der Waals surface area contributed by atoms with E-state index in [-0.39, 0.29) is 23.8 Å². The summed E-state index contributed by atoms with van der Waals surface area (Å²) in [5.41, 5.74) is 1.91. The van der Waals surface area contributed by atoms with Crippen molar-refractivity contribution in [2.45, 2.75) is 13.3 Å². The minimum Gasteiger partial charge on any atom is -0.494 e. The predicted molar refractivity (Wildman–Crippen MR) is 96.3 cm³/mol. The van der Waals surface area contributed by atoms with Gasteiger partial charge in [0.2, 0.25) is 5.91 Å². The Bertz CT molecular complexity index is 835. The van der Waals surface area contributed by atoms with Gasteiger partial charge >= 0.3 is 0 Å². The summed E-state index contributed by atoms with van der Waals surface area (Å²) in [6.45, 7) is 1.87.